The molecule has 0 radical (unpaired) electrons. The molecule has 0 atom stereocenters. The van der Waals surface area contributed by atoms with E-state index in [4.69, 9.17) is 27.9 Å². The van der Waals surface area contributed by atoms with Crippen molar-refractivity contribution in [3.63, 3.8) is 0 Å². The van der Waals surface area contributed by atoms with E-state index < -0.39 is 0 Å². The fourth-order valence-corrected chi connectivity index (χ4v) is 5.05. The molecular weight excluding hydrogens is 621 g/mol. The molecule has 1 heterocycles. The van der Waals surface area contributed by atoms with Crippen LogP contribution in [0.2, 0.25) is 10.0 Å². The lowest BCUT2D eigenvalue weighted by atomic mass is 10.1. The van der Waals surface area contributed by atoms with Crippen molar-refractivity contribution in [3.05, 3.63) is 90.8 Å². The van der Waals surface area contributed by atoms with Crippen molar-refractivity contribution >= 4 is 90.0 Å². The van der Waals surface area contributed by atoms with Crippen molar-refractivity contribution in [2.75, 3.05) is 16.9 Å². The molecule has 10 heteroatoms. The van der Waals surface area contributed by atoms with Crippen LogP contribution in [0.15, 0.2) is 80.3 Å². The Bertz CT molecular complexity index is 1350. The molecule has 35 heavy (non-hydrogen) atoms. The van der Waals surface area contributed by atoms with E-state index in [1.54, 1.807) is 43.3 Å². The SMILES string of the molecule is CC1=NN(c2ccccc2)C(=O)/C1=C\c1cc(Br)c(OCC(=O)Nc2ccc(Cl)c(Cl)c2)c(Br)c1. The Hall–Kier alpha value is -2.65. The zero-order valence-electron chi connectivity index (χ0n) is 18.2. The third kappa shape index (κ3) is 5.95. The summed E-state index contributed by atoms with van der Waals surface area (Å²) in [5.41, 5.74) is 3.07. The summed E-state index contributed by atoms with van der Waals surface area (Å²) in [6.07, 6.45) is 1.76. The Labute approximate surface area is 228 Å². The van der Waals surface area contributed by atoms with E-state index in [-0.39, 0.29) is 18.4 Å². The highest BCUT2D eigenvalue weighted by Crippen LogP contribution is 2.36. The highest BCUT2D eigenvalue weighted by atomic mass is 79.9. The minimum atomic E-state index is -0.363. The predicted molar refractivity (Wildman–Crippen MR) is 147 cm³/mol. The molecule has 1 aliphatic rings. The molecule has 4 rings (SSSR count). The number of hydrazone groups is 1. The molecule has 1 N–H and O–H groups in total. The molecule has 0 aliphatic carbocycles. The average Bonchev–Trinajstić information content (AvgIpc) is 3.10. The summed E-state index contributed by atoms with van der Waals surface area (Å²) >= 11 is 18.9. The van der Waals surface area contributed by atoms with Crippen LogP contribution in [-0.2, 0) is 9.59 Å². The van der Waals surface area contributed by atoms with Gasteiger partial charge in [-0.1, -0.05) is 41.4 Å². The Kier molecular flexibility index (Phi) is 7.96. The number of halogens is 4. The van der Waals surface area contributed by atoms with Gasteiger partial charge < -0.3 is 10.1 Å². The number of para-hydroxylation sites is 1. The van der Waals surface area contributed by atoms with Crippen LogP contribution in [0.3, 0.4) is 0 Å². The van der Waals surface area contributed by atoms with Crippen LogP contribution in [0.25, 0.3) is 6.08 Å². The first-order valence-electron chi connectivity index (χ1n) is 10.3. The largest absolute Gasteiger partial charge is 0.481 e. The normalized spacial score (nSPS) is 14.3. The zero-order chi connectivity index (χ0) is 25.1. The Morgan fingerprint density at radius 1 is 1.06 bits per heavy atom. The Morgan fingerprint density at radius 3 is 2.40 bits per heavy atom. The van der Waals surface area contributed by atoms with E-state index in [1.165, 1.54) is 5.01 Å². The molecule has 0 aromatic heterocycles. The second-order valence-corrected chi connectivity index (χ2v) is 10.00. The van der Waals surface area contributed by atoms with Crippen molar-refractivity contribution in [1.29, 1.82) is 0 Å². The first kappa shape index (κ1) is 25.4. The van der Waals surface area contributed by atoms with Crippen LogP contribution < -0.4 is 15.1 Å². The van der Waals surface area contributed by atoms with Crippen molar-refractivity contribution in [2.45, 2.75) is 6.92 Å². The van der Waals surface area contributed by atoms with Gasteiger partial charge in [-0.05, 0) is 92.9 Å². The summed E-state index contributed by atoms with van der Waals surface area (Å²) in [5.74, 6) is -0.122. The molecule has 178 valence electrons. The van der Waals surface area contributed by atoms with E-state index in [0.29, 0.717) is 47.4 Å². The molecule has 2 amide bonds. The number of ether oxygens (including phenoxy) is 1. The van der Waals surface area contributed by atoms with Crippen molar-refractivity contribution in [2.24, 2.45) is 5.10 Å². The fraction of sp³-hybridized carbons (Fsp3) is 0.0800. The number of nitrogens with zero attached hydrogens (tertiary/aromatic N) is 2. The van der Waals surface area contributed by atoms with E-state index >= 15 is 0 Å². The number of rotatable bonds is 6. The predicted octanol–water partition coefficient (Wildman–Crippen LogP) is 7.34. The van der Waals surface area contributed by atoms with Gasteiger partial charge >= 0.3 is 0 Å². The first-order chi connectivity index (χ1) is 16.7. The van der Waals surface area contributed by atoms with Gasteiger partial charge in [-0.15, -0.1) is 0 Å². The lowest BCUT2D eigenvalue weighted by Crippen LogP contribution is -2.21. The molecule has 1 aliphatic heterocycles. The second kappa shape index (κ2) is 11.0. The molecule has 0 bridgehead atoms. The van der Waals surface area contributed by atoms with Crippen LogP contribution in [0, 0.1) is 0 Å². The van der Waals surface area contributed by atoms with Crippen LogP contribution in [0.4, 0.5) is 11.4 Å². The molecule has 0 spiro atoms. The molecule has 0 fully saturated rings. The minimum Gasteiger partial charge on any atom is -0.481 e. The van der Waals surface area contributed by atoms with E-state index in [9.17, 15) is 9.59 Å². The highest BCUT2D eigenvalue weighted by Gasteiger charge is 2.28. The number of benzene rings is 3. The third-order valence-electron chi connectivity index (χ3n) is 4.95. The lowest BCUT2D eigenvalue weighted by Gasteiger charge is -2.12. The summed E-state index contributed by atoms with van der Waals surface area (Å²) in [6.45, 7) is 1.56. The van der Waals surface area contributed by atoms with Gasteiger partial charge in [0.25, 0.3) is 11.8 Å². The number of carbonyl (C=O) groups is 2. The lowest BCUT2D eigenvalue weighted by molar-refractivity contribution is -0.118. The zero-order valence-corrected chi connectivity index (χ0v) is 22.9. The van der Waals surface area contributed by atoms with E-state index in [1.807, 2.05) is 30.3 Å². The van der Waals surface area contributed by atoms with Crippen LogP contribution in [-0.4, -0.2) is 24.1 Å². The molecule has 0 saturated heterocycles. The maximum Gasteiger partial charge on any atom is 0.280 e. The number of nitrogens with one attached hydrogen (secondary N) is 1. The average molecular weight is 638 g/mol. The number of hydrogen-bond acceptors (Lipinski definition) is 4. The van der Waals surface area contributed by atoms with Crippen LogP contribution in [0.5, 0.6) is 5.75 Å². The van der Waals surface area contributed by atoms with Gasteiger partial charge in [0, 0.05) is 5.69 Å². The summed E-state index contributed by atoms with van der Waals surface area (Å²) in [7, 11) is 0. The molecule has 3 aromatic carbocycles. The molecular formula is C25H17Br2Cl2N3O3. The van der Waals surface area contributed by atoms with Crippen LogP contribution in [0.1, 0.15) is 12.5 Å². The maximum atomic E-state index is 13.0. The maximum absolute atomic E-state index is 13.0. The van der Waals surface area contributed by atoms with E-state index in [0.717, 1.165) is 5.56 Å². The van der Waals surface area contributed by atoms with Crippen molar-refractivity contribution < 1.29 is 14.3 Å². The molecule has 0 unspecified atom stereocenters. The summed E-state index contributed by atoms with van der Waals surface area (Å²) in [4.78, 5) is 25.3. The number of hydrogen-bond donors (Lipinski definition) is 1. The van der Waals surface area contributed by atoms with E-state index in [2.05, 4.69) is 42.3 Å². The van der Waals surface area contributed by atoms with Gasteiger partial charge in [-0.3, -0.25) is 9.59 Å². The van der Waals surface area contributed by atoms with Gasteiger partial charge in [-0.25, -0.2) is 0 Å². The second-order valence-electron chi connectivity index (χ2n) is 7.48. The molecule has 0 saturated carbocycles. The number of carbonyl (C=O) groups excluding carboxylic acids is 2. The first-order valence-corrected chi connectivity index (χ1v) is 12.6. The number of anilines is 2. The Morgan fingerprint density at radius 2 is 1.74 bits per heavy atom. The van der Waals surface area contributed by atoms with Gasteiger partial charge in [-0.2, -0.15) is 10.1 Å². The summed E-state index contributed by atoms with van der Waals surface area (Å²) in [6, 6.07) is 17.7. The summed E-state index contributed by atoms with van der Waals surface area (Å²) < 4.78 is 6.94. The topological polar surface area (TPSA) is 71.0 Å². The molecule has 3 aromatic rings. The molecule has 6 nitrogen and oxygen atoms in total. The van der Waals surface area contributed by atoms with Crippen molar-refractivity contribution in [3.8, 4) is 5.75 Å². The minimum absolute atomic E-state index is 0.208. The monoisotopic (exact) mass is 635 g/mol. The quantitative estimate of drug-likeness (QED) is 0.288. The van der Waals surface area contributed by atoms with Gasteiger partial charge in [0.2, 0.25) is 0 Å². The van der Waals surface area contributed by atoms with Gasteiger partial charge in [0.05, 0.1) is 36.0 Å². The van der Waals surface area contributed by atoms with Gasteiger partial charge in [0.1, 0.15) is 5.75 Å². The third-order valence-corrected chi connectivity index (χ3v) is 6.86. The van der Waals surface area contributed by atoms with Gasteiger partial charge in [0.15, 0.2) is 6.61 Å². The Balaban J connectivity index is 1.46. The highest BCUT2D eigenvalue weighted by molar-refractivity contribution is 9.11. The summed E-state index contributed by atoms with van der Waals surface area (Å²) in [5, 5.41) is 9.23. The van der Waals surface area contributed by atoms with Crippen molar-refractivity contribution in [1.82, 2.24) is 0 Å². The smallest absolute Gasteiger partial charge is 0.280 e. The number of amides is 2. The standard InChI is InChI=1S/C25H17Br2Cl2N3O3/c1-14-18(25(34)32(31-14)17-5-3-2-4-6-17)9-15-10-19(26)24(20(27)11-15)35-13-23(33)30-16-7-8-21(28)22(29)12-16/h2-12H,13H2,1H3,(H,30,33)/b18-9-. The fourth-order valence-electron chi connectivity index (χ4n) is 3.30. The van der Waals surface area contributed by atoms with Crippen LogP contribution >= 0.6 is 55.1 Å².